The third-order valence-electron chi connectivity index (χ3n) is 4.25. The topological polar surface area (TPSA) is 63.3 Å². The third-order valence-corrected chi connectivity index (χ3v) is 5.45. The molecule has 2 fully saturated rings. The quantitative estimate of drug-likeness (QED) is 0.928. The number of aromatic nitrogens is 2. The molecule has 0 aromatic carbocycles. The molecule has 6 heteroatoms. The van der Waals surface area contributed by atoms with E-state index in [1.54, 1.807) is 0 Å². The SMILES string of the molecule is Cc1nc(CCN=C2NC3(CCC(C)CC3)CS2)no1. The van der Waals surface area contributed by atoms with E-state index >= 15 is 0 Å². The van der Waals surface area contributed by atoms with Crippen molar-refractivity contribution in [2.45, 2.75) is 51.5 Å². The van der Waals surface area contributed by atoms with E-state index in [0.717, 1.165) is 29.9 Å². The molecule has 2 aliphatic rings. The number of amidine groups is 1. The standard InChI is InChI=1S/C14H22N4OS/c1-10-3-6-14(7-4-10)9-20-13(17-14)15-8-5-12-16-11(2)19-18-12/h10H,3-9H2,1-2H3,(H,15,17). The number of aryl methyl sites for hydroxylation is 1. The molecule has 1 aliphatic heterocycles. The number of thioether (sulfide) groups is 1. The van der Waals surface area contributed by atoms with E-state index in [9.17, 15) is 0 Å². The first-order valence-electron chi connectivity index (χ1n) is 7.40. The summed E-state index contributed by atoms with van der Waals surface area (Å²) in [6.07, 6.45) is 5.98. The molecule has 1 aromatic heterocycles. The number of hydrogen-bond acceptors (Lipinski definition) is 5. The Morgan fingerprint density at radius 1 is 1.45 bits per heavy atom. The molecule has 0 amide bonds. The summed E-state index contributed by atoms with van der Waals surface area (Å²) in [4.78, 5) is 8.84. The van der Waals surface area contributed by atoms with Crippen molar-refractivity contribution >= 4 is 16.9 Å². The van der Waals surface area contributed by atoms with E-state index in [4.69, 9.17) is 4.52 Å². The highest BCUT2D eigenvalue weighted by atomic mass is 32.2. The summed E-state index contributed by atoms with van der Waals surface area (Å²) >= 11 is 1.86. The zero-order valence-corrected chi connectivity index (χ0v) is 13.0. The molecule has 1 N–H and O–H groups in total. The fourth-order valence-corrected chi connectivity index (χ4v) is 4.12. The monoisotopic (exact) mass is 294 g/mol. The predicted octanol–water partition coefficient (Wildman–Crippen LogP) is 2.56. The van der Waals surface area contributed by atoms with Gasteiger partial charge in [-0.05, 0) is 31.6 Å². The van der Waals surface area contributed by atoms with Gasteiger partial charge >= 0.3 is 0 Å². The van der Waals surface area contributed by atoms with E-state index < -0.39 is 0 Å². The van der Waals surface area contributed by atoms with Crippen molar-refractivity contribution in [2.24, 2.45) is 10.9 Å². The highest BCUT2D eigenvalue weighted by Crippen LogP contribution is 2.38. The van der Waals surface area contributed by atoms with Crippen molar-refractivity contribution in [2.75, 3.05) is 12.3 Å². The molecule has 20 heavy (non-hydrogen) atoms. The first-order chi connectivity index (χ1) is 9.65. The van der Waals surface area contributed by atoms with Gasteiger partial charge in [0.25, 0.3) is 0 Å². The molecule has 5 nitrogen and oxygen atoms in total. The van der Waals surface area contributed by atoms with Crippen LogP contribution in [0.1, 0.15) is 44.3 Å². The zero-order valence-electron chi connectivity index (χ0n) is 12.2. The second-order valence-corrected chi connectivity index (χ2v) is 7.01. The average Bonchev–Trinajstić information content (AvgIpc) is 3.02. The van der Waals surface area contributed by atoms with Crippen LogP contribution in [-0.2, 0) is 6.42 Å². The van der Waals surface area contributed by atoms with Crippen LogP contribution in [0.5, 0.6) is 0 Å². The lowest BCUT2D eigenvalue weighted by molar-refractivity contribution is 0.251. The summed E-state index contributed by atoms with van der Waals surface area (Å²) in [7, 11) is 0. The number of aliphatic imine (C=N–C) groups is 1. The van der Waals surface area contributed by atoms with Crippen LogP contribution in [0.15, 0.2) is 9.52 Å². The zero-order chi connectivity index (χ0) is 14.0. The highest BCUT2D eigenvalue weighted by Gasteiger charge is 2.39. The Morgan fingerprint density at radius 2 is 2.25 bits per heavy atom. The molecule has 1 spiro atoms. The Balaban J connectivity index is 1.50. The molecule has 110 valence electrons. The van der Waals surface area contributed by atoms with Crippen LogP contribution < -0.4 is 5.32 Å². The number of nitrogens with zero attached hydrogens (tertiary/aromatic N) is 3. The minimum Gasteiger partial charge on any atom is -0.359 e. The van der Waals surface area contributed by atoms with Gasteiger partial charge in [-0.2, -0.15) is 4.98 Å². The molecule has 3 rings (SSSR count). The Bertz CT molecular complexity index is 491. The minimum atomic E-state index is 0.318. The van der Waals surface area contributed by atoms with Gasteiger partial charge in [-0.25, -0.2) is 0 Å². The van der Waals surface area contributed by atoms with Gasteiger partial charge in [0.05, 0.1) is 0 Å². The summed E-state index contributed by atoms with van der Waals surface area (Å²) in [5.41, 5.74) is 0.318. The molecule has 0 radical (unpaired) electrons. The maximum atomic E-state index is 4.96. The van der Waals surface area contributed by atoms with E-state index in [2.05, 4.69) is 27.4 Å². The Hall–Kier alpha value is -1.04. The summed E-state index contributed by atoms with van der Waals surface area (Å²) < 4.78 is 4.96. The first kappa shape index (κ1) is 13.9. The maximum Gasteiger partial charge on any atom is 0.223 e. The number of rotatable bonds is 3. The molecule has 0 atom stereocenters. The maximum absolute atomic E-state index is 4.96. The molecule has 0 bridgehead atoms. The molecule has 1 saturated heterocycles. The molecule has 1 saturated carbocycles. The van der Waals surface area contributed by atoms with Crippen LogP contribution >= 0.6 is 11.8 Å². The van der Waals surface area contributed by atoms with Gasteiger partial charge in [-0.15, -0.1) is 0 Å². The summed E-state index contributed by atoms with van der Waals surface area (Å²) in [6, 6.07) is 0. The van der Waals surface area contributed by atoms with Crippen molar-refractivity contribution in [3.63, 3.8) is 0 Å². The van der Waals surface area contributed by atoms with Gasteiger partial charge < -0.3 is 9.84 Å². The van der Waals surface area contributed by atoms with Crippen LogP contribution in [0, 0.1) is 12.8 Å². The van der Waals surface area contributed by atoms with Crippen molar-refractivity contribution < 1.29 is 4.52 Å². The van der Waals surface area contributed by atoms with Gasteiger partial charge in [0.2, 0.25) is 5.89 Å². The van der Waals surface area contributed by atoms with E-state index in [-0.39, 0.29) is 0 Å². The normalized spacial score (nSPS) is 31.9. The molecule has 1 aromatic rings. The summed E-state index contributed by atoms with van der Waals surface area (Å²) in [6.45, 7) is 4.89. The molecular weight excluding hydrogens is 272 g/mol. The van der Waals surface area contributed by atoms with Crippen molar-refractivity contribution in [1.82, 2.24) is 15.5 Å². The third kappa shape index (κ3) is 3.16. The molecule has 2 heterocycles. The second-order valence-electron chi connectivity index (χ2n) is 6.04. The van der Waals surface area contributed by atoms with Gasteiger partial charge in [0, 0.05) is 31.2 Å². The lowest BCUT2D eigenvalue weighted by atomic mass is 9.78. The Morgan fingerprint density at radius 3 is 2.95 bits per heavy atom. The Kier molecular flexibility index (Phi) is 4.01. The van der Waals surface area contributed by atoms with Crippen LogP contribution in [0.2, 0.25) is 0 Å². The van der Waals surface area contributed by atoms with Crippen molar-refractivity contribution in [3.05, 3.63) is 11.7 Å². The smallest absolute Gasteiger partial charge is 0.223 e. The van der Waals surface area contributed by atoms with Gasteiger partial charge in [0.15, 0.2) is 11.0 Å². The van der Waals surface area contributed by atoms with Crippen LogP contribution in [0.25, 0.3) is 0 Å². The minimum absolute atomic E-state index is 0.318. The second kappa shape index (κ2) is 5.76. The van der Waals surface area contributed by atoms with E-state index in [1.165, 1.54) is 31.4 Å². The van der Waals surface area contributed by atoms with Gasteiger partial charge in [-0.1, -0.05) is 23.8 Å². The summed E-state index contributed by atoms with van der Waals surface area (Å²) in [5.74, 6) is 3.42. The number of nitrogens with one attached hydrogen (secondary N) is 1. The lowest BCUT2D eigenvalue weighted by Crippen LogP contribution is -2.46. The summed E-state index contributed by atoms with van der Waals surface area (Å²) in [5, 5.41) is 8.65. The fraction of sp³-hybridized carbons (Fsp3) is 0.786. The highest BCUT2D eigenvalue weighted by molar-refractivity contribution is 8.14. The van der Waals surface area contributed by atoms with Gasteiger partial charge in [-0.3, -0.25) is 4.99 Å². The predicted molar refractivity (Wildman–Crippen MR) is 81.0 cm³/mol. The molecular formula is C14H22N4OS. The lowest BCUT2D eigenvalue weighted by Gasteiger charge is -2.35. The van der Waals surface area contributed by atoms with Crippen LogP contribution in [-0.4, -0.2) is 33.1 Å². The molecule has 1 aliphatic carbocycles. The number of hydrogen-bond donors (Lipinski definition) is 1. The van der Waals surface area contributed by atoms with E-state index in [1.807, 2.05) is 18.7 Å². The van der Waals surface area contributed by atoms with E-state index in [0.29, 0.717) is 11.4 Å². The van der Waals surface area contributed by atoms with Crippen molar-refractivity contribution in [1.29, 1.82) is 0 Å². The fourth-order valence-electron chi connectivity index (χ4n) is 2.88. The molecule has 0 unspecified atom stereocenters. The van der Waals surface area contributed by atoms with Gasteiger partial charge in [0.1, 0.15) is 0 Å². The average molecular weight is 294 g/mol. The Labute approximate surface area is 124 Å². The van der Waals surface area contributed by atoms with Crippen LogP contribution in [0.4, 0.5) is 0 Å². The largest absolute Gasteiger partial charge is 0.359 e. The van der Waals surface area contributed by atoms with Crippen LogP contribution in [0.3, 0.4) is 0 Å². The van der Waals surface area contributed by atoms with Crippen molar-refractivity contribution in [3.8, 4) is 0 Å². The first-order valence-corrected chi connectivity index (χ1v) is 8.38.